The molecular formula is C80H80FN19. The molecule has 0 spiro atoms. The number of hydrogen-bond donors (Lipinski definition) is 2. The van der Waals surface area contributed by atoms with Crippen molar-refractivity contribution >= 4 is 11.4 Å². The molecule has 0 aliphatic carbocycles. The van der Waals surface area contributed by atoms with Gasteiger partial charge in [0.15, 0.2) is 17.5 Å². The molecule has 0 amide bonds. The molecule has 12 aromatic rings. The van der Waals surface area contributed by atoms with Crippen LogP contribution < -0.4 is 20.4 Å². The Morgan fingerprint density at radius 2 is 1.08 bits per heavy atom. The Bertz CT molecular complexity index is 5020. The predicted octanol–water partition coefficient (Wildman–Crippen LogP) is 13.1. The van der Waals surface area contributed by atoms with Crippen LogP contribution in [0.1, 0.15) is 79.3 Å². The Hall–Kier alpha value is -11.0. The van der Waals surface area contributed by atoms with Crippen molar-refractivity contribution in [3.63, 3.8) is 0 Å². The number of halogens is 1. The molecule has 6 aromatic heterocycles. The summed E-state index contributed by atoms with van der Waals surface area (Å²) in [5.74, 6) is 3.74. The van der Waals surface area contributed by atoms with Crippen molar-refractivity contribution in [1.29, 1.82) is 10.5 Å². The van der Waals surface area contributed by atoms with Crippen molar-refractivity contribution in [3.8, 4) is 97.1 Å². The lowest BCUT2D eigenvalue weighted by Crippen LogP contribution is -2.32. The van der Waals surface area contributed by atoms with Crippen LogP contribution in [0.25, 0.3) is 85.0 Å². The number of rotatable bonds is 12. The van der Waals surface area contributed by atoms with Crippen LogP contribution in [0.3, 0.4) is 0 Å². The van der Waals surface area contributed by atoms with Gasteiger partial charge in [-0.15, -0.1) is 10.2 Å². The summed E-state index contributed by atoms with van der Waals surface area (Å²) >= 11 is 0. The highest BCUT2D eigenvalue weighted by Crippen LogP contribution is 2.40. The standard InChI is InChI=1S/C29H31N7.C26H24N6.C25H25FN6/c1-3-20(2)31-15-22-10-11-34(16-22)26-8-9-27-25(12-26)18-35-17-24(23-6-4-21(14-30)5-7-23)13-28(35)29-33-32-19-36(27)29;27-14-19-1-4-21(5-2-19)22-13-25-26-29-17-30-32(26)24-6-3-20(11-18-7-9-28-10-8-18)12-23(24)16-31(25)15-22;1-29(2)22-9-10-30(15-22)21-7-8-23-19(11-21)14-31-13-18(17-3-5-20(26)6-4-17)12-24(31)25-27-16-28-32(23)25/h4-9,12-13,17,19-20,22,31H,3,10-11,15-16,18H2,1-2H3;1-6,12-13,15,17-18,28H,7-11,16H2;3-8,11-13,16,22H,9-10,14-15H2,1-2H3/t20-,22-;;22-/m1.1/s1. The summed E-state index contributed by atoms with van der Waals surface area (Å²) in [5, 5.41) is 43.2. The van der Waals surface area contributed by atoms with Crippen LogP contribution >= 0.6 is 0 Å². The molecule has 0 unspecified atom stereocenters. The molecule has 3 atom stereocenters. The second-order valence-corrected chi connectivity index (χ2v) is 27.8. The zero-order valence-corrected chi connectivity index (χ0v) is 56.9. The Morgan fingerprint density at radius 3 is 1.63 bits per heavy atom. The first-order chi connectivity index (χ1) is 49.0. The van der Waals surface area contributed by atoms with Gasteiger partial charge in [-0.2, -0.15) is 20.7 Å². The molecule has 0 radical (unpaired) electrons. The number of hydrogen-bond acceptors (Lipinski definition) is 13. The van der Waals surface area contributed by atoms with Crippen LogP contribution in [0.2, 0.25) is 0 Å². The molecule has 0 saturated carbocycles. The van der Waals surface area contributed by atoms with Crippen molar-refractivity contribution in [2.24, 2.45) is 11.8 Å². The number of anilines is 2. The molecule has 18 rings (SSSR count). The molecule has 3 fully saturated rings. The number of nitriles is 2. The molecular weight excluding hydrogens is 1250 g/mol. The van der Waals surface area contributed by atoms with E-state index in [2.05, 4.69) is 205 Å². The monoisotopic (exact) mass is 1330 g/mol. The Labute approximate surface area is 582 Å². The van der Waals surface area contributed by atoms with Crippen molar-refractivity contribution in [1.82, 2.24) is 73.5 Å². The maximum atomic E-state index is 13.4. The number of likely N-dealkylation sites (N-methyl/N-ethyl adjacent to an activating group) is 1. The van der Waals surface area contributed by atoms with E-state index in [0.717, 1.165) is 163 Å². The molecule has 12 heterocycles. The number of nitrogens with one attached hydrogen (secondary N) is 2. The number of aromatic nitrogens is 12. The van der Waals surface area contributed by atoms with Gasteiger partial charge in [0.25, 0.3) is 0 Å². The van der Waals surface area contributed by atoms with E-state index in [0.29, 0.717) is 29.1 Å². The smallest absolute Gasteiger partial charge is 0.185 e. The highest BCUT2D eigenvalue weighted by Gasteiger charge is 2.30. The molecule has 0 bridgehead atoms. The van der Waals surface area contributed by atoms with Crippen LogP contribution in [0.4, 0.5) is 15.8 Å². The van der Waals surface area contributed by atoms with Crippen LogP contribution in [0.5, 0.6) is 0 Å². The first-order valence-corrected chi connectivity index (χ1v) is 35.1. The van der Waals surface area contributed by atoms with Crippen LogP contribution in [0, 0.1) is 40.3 Å². The van der Waals surface area contributed by atoms with E-state index in [1.54, 1.807) is 12.7 Å². The van der Waals surface area contributed by atoms with E-state index in [1.807, 2.05) is 76.4 Å². The summed E-state index contributed by atoms with van der Waals surface area (Å²) in [7, 11) is 4.31. The normalized spacial score (nSPS) is 16.6. The van der Waals surface area contributed by atoms with E-state index < -0.39 is 0 Å². The van der Waals surface area contributed by atoms with Crippen LogP contribution in [-0.2, 0) is 26.1 Å². The molecule has 6 aliphatic rings. The van der Waals surface area contributed by atoms with Crippen molar-refractivity contribution in [2.75, 3.05) is 69.7 Å². The molecule has 19 nitrogen and oxygen atoms in total. The quantitative estimate of drug-likeness (QED) is 0.118. The van der Waals surface area contributed by atoms with E-state index >= 15 is 0 Å². The number of fused-ring (bicyclic) bond motifs is 15. The summed E-state index contributed by atoms with van der Waals surface area (Å²) < 4.78 is 26.2. The summed E-state index contributed by atoms with van der Waals surface area (Å²) in [5.41, 5.74) is 21.9. The average molecular weight is 1330 g/mol. The lowest BCUT2D eigenvalue weighted by Gasteiger charge is -2.23. The minimum atomic E-state index is -0.228. The third kappa shape index (κ3) is 12.7. The molecule has 6 aliphatic heterocycles. The van der Waals surface area contributed by atoms with E-state index in [1.165, 1.54) is 77.9 Å². The lowest BCUT2D eigenvalue weighted by atomic mass is 9.90. The van der Waals surface area contributed by atoms with E-state index in [-0.39, 0.29) is 5.82 Å². The van der Waals surface area contributed by atoms with Gasteiger partial charge in [0.1, 0.15) is 24.8 Å². The summed E-state index contributed by atoms with van der Waals surface area (Å²) in [4.78, 5) is 16.5. The van der Waals surface area contributed by atoms with Gasteiger partial charge in [0.2, 0.25) is 0 Å². The van der Waals surface area contributed by atoms with Gasteiger partial charge < -0.3 is 39.0 Å². The molecule has 20 heteroatoms. The maximum Gasteiger partial charge on any atom is 0.185 e. The van der Waals surface area contributed by atoms with Gasteiger partial charge in [-0.05, 0) is 227 Å². The van der Waals surface area contributed by atoms with Crippen molar-refractivity contribution < 1.29 is 4.39 Å². The molecule has 6 aromatic carbocycles. The van der Waals surface area contributed by atoms with Gasteiger partial charge in [0, 0.05) is 105 Å². The van der Waals surface area contributed by atoms with Gasteiger partial charge in [0.05, 0.1) is 57.4 Å². The fourth-order valence-corrected chi connectivity index (χ4v) is 15.3. The Balaban J connectivity index is 0.000000117. The highest BCUT2D eigenvalue weighted by molar-refractivity contribution is 5.75. The number of piperidine rings is 1. The number of nitrogens with zero attached hydrogens (tertiary/aromatic N) is 17. The zero-order valence-electron chi connectivity index (χ0n) is 56.9. The minimum Gasteiger partial charge on any atom is -0.371 e. The fraction of sp³-hybridized carbons (Fsp3) is 0.300. The second-order valence-electron chi connectivity index (χ2n) is 27.8. The Kier molecular flexibility index (Phi) is 17.4. The van der Waals surface area contributed by atoms with Crippen LogP contribution in [-0.4, -0.2) is 135 Å². The van der Waals surface area contributed by atoms with Gasteiger partial charge in [-0.3, -0.25) is 4.57 Å². The zero-order chi connectivity index (χ0) is 68.0. The fourth-order valence-electron chi connectivity index (χ4n) is 15.3. The lowest BCUT2D eigenvalue weighted by molar-refractivity contribution is 0.315. The SMILES string of the molecule is CC[C@@H](C)NC[C@H]1CCN(c2ccc3c(c2)Cn2cc(-c4ccc(C#N)cc4)cc2-c2nncn2-3)C1.CN(C)[C@@H]1CCN(c2ccc3c(c2)Cn2cc(-c4ccc(F)cc4)cc2-c2ncnn2-3)C1.N#Cc1ccc(-c2cc3n(c2)Cc2cc(CC4CCNCC4)ccc2-n2ncnc2-3)cc1. The molecule has 2 N–H and O–H groups in total. The molecule has 502 valence electrons. The van der Waals surface area contributed by atoms with Gasteiger partial charge in [-0.1, -0.05) is 55.5 Å². The largest absolute Gasteiger partial charge is 0.371 e. The molecule has 100 heavy (non-hydrogen) atoms. The first kappa shape index (κ1) is 63.7. The average Bonchev–Trinajstić information content (AvgIpc) is 1.62. The predicted molar refractivity (Wildman–Crippen MR) is 389 cm³/mol. The summed E-state index contributed by atoms with van der Waals surface area (Å²) in [6.45, 7) is 14.4. The minimum absolute atomic E-state index is 0.228. The first-order valence-electron chi connectivity index (χ1n) is 35.1. The highest BCUT2D eigenvalue weighted by atomic mass is 19.1. The van der Waals surface area contributed by atoms with Gasteiger partial charge >= 0.3 is 0 Å². The maximum absolute atomic E-state index is 13.4. The van der Waals surface area contributed by atoms with E-state index in [9.17, 15) is 4.39 Å². The van der Waals surface area contributed by atoms with Crippen LogP contribution in [0.15, 0.2) is 183 Å². The topological polar surface area (TPSA) is 188 Å². The summed E-state index contributed by atoms with van der Waals surface area (Å²) in [6, 6.07) is 54.4. The van der Waals surface area contributed by atoms with Gasteiger partial charge in [-0.25, -0.2) is 23.7 Å². The molecule has 3 saturated heterocycles. The third-order valence-electron chi connectivity index (χ3n) is 21.2. The van der Waals surface area contributed by atoms with E-state index in [4.69, 9.17) is 10.5 Å². The number of benzene rings is 6. The van der Waals surface area contributed by atoms with Crippen molar-refractivity contribution in [2.45, 2.75) is 84.1 Å². The Morgan fingerprint density at radius 1 is 0.570 bits per heavy atom. The third-order valence-corrected chi connectivity index (χ3v) is 21.2. The van der Waals surface area contributed by atoms with Crippen molar-refractivity contribution in [3.05, 3.63) is 222 Å². The summed E-state index contributed by atoms with van der Waals surface area (Å²) in [6.07, 6.45) is 18.8. The second kappa shape index (κ2) is 27.4.